The monoisotopic (exact) mass is 362 g/mol. The van der Waals surface area contributed by atoms with E-state index in [4.69, 9.17) is 0 Å². The summed E-state index contributed by atoms with van der Waals surface area (Å²) in [6.07, 6.45) is 1.99. The summed E-state index contributed by atoms with van der Waals surface area (Å²) in [7, 11) is -3.46. The number of anilines is 1. The lowest BCUT2D eigenvalue weighted by Crippen LogP contribution is -2.48. The van der Waals surface area contributed by atoms with Crippen molar-refractivity contribution < 1.29 is 12.8 Å². The molecule has 1 saturated heterocycles. The Morgan fingerprint density at radius 2 is 1.52 bits per heavy atom. The maximum atomic E-state index is 13.0. The minimum atomic E-state index is -3.46. The molecule has 6 heteroatoms. The maximum Gasteiger partial charge on any atom is 0.243 e. The fraction of sp³-hybridized carbons (Fsp3) is 0.368. The highest BCUT2D eigenvalue weighted by Crippen LogP contribution is 2.22. The molecule has 134 valence electrons. The second-order valence-electron chi connectivity index (χ2n) is 6.26. The molecule has 25 heavy (non-hydrogen) atoms. The first-order chi connectivity index (χ1) is 12.0. The number of benzene rings is 2. The molecule has 3 rings (SSSR count). The van der Waals surface area contributed by atoms with Gasteiger partial charge in [-0.25, -0.2) is 12.8 Å². The van der Waals surface area contributed by atoms with Gasteiger partial charge in [0.25, 0.3) is 0 Å². The zero-order valence-corrected chi connectivity index (χ0v) is 15.2. The van der Waals surface area contributed by atoms with Crippen LogP contribution >= 0.6 is 0 Å². The third-order valence-corrected chi connectivity index (χ3v) is 6.44. The molecule has 1 aliphatic rings. The fourth-order valence-electron chi connectivity index (χ4n) is 3.10. The van der Waals surface area contributed by atoms with Crippen molar-refractivity contribution >= 4 is 15.7 Å². The molecule has 2 aromatic rings. The third-order valence-electron chi connectivity index (χ3n) is 4.53. The minimum absolute atomic E-state index is 0.267. The number of piperazine rings is 1. The normalized spacial score (nSPS) is 16.2. The molecule has 1 fully saturated rings. The summed E-state index contributed by atoms with van der Waals surface area (Å²) in [5.74, 6) is -0.267. The van der Waals surface area contributed by atoms with Crippen LogP contribution in [0.3, 0.4) is 0 Å². The molecule has 0 radical (unpaired) electrons. The van der Waals surface area contributed by atoms with Gasteiger partial charge in [-0.3, -0.25) is 0 Å². The van der Waals surface area contributed by atoms with E-state index in [2.05, 4.69) is 11.8 Å². The van der Waals surface area contributed by atoms with Crippen LogP contribution in [-0.2, 0) is 16.4 Å². The Hall–Kier alpha value is -1.92. The summed E-state index contributed by atoms with van der Waals surface area (Å²) in [5, 5.41) is 0. The predicted molar refractivity (Wildman–Crippen MR) is 97.8 cm³/mol. The van der Waals surface area contributed by atoms with Crippen LogP contribution in [-0.4, -0.2) is 38.9 Å². The number of halogens is 1. The SMILES string of the molecule is CCCc1ccc(S(=O)(=O)N2CCN(c3ccc(F)cc3)CC2)cc1. The second kappa shape index (κ2) is 7.54. The Bertz CT molecular complexity index is 796. The van der Waals surface area contributed by atoms with Crippen molar-refractivity contribution in [3.63, 3.8) is 0 Å². The average molecular weight is 362 g/mol. The maximum absolute atomic E-state index is 13.0. The van der Waals surface area contributed by atoms with Crippen LogP contribution in [0, 0.1) is 5.82 Å². The summed E-state index contributed by atoms with van der Waals surface area (Å²) < 4.78 is 40.2. The highest BCUT2D eigenvalue weighted by Gasteiger charge is 2.28. The molecule has 0 aliphatic carbocycles. The van der Waals surface area contributed by atoms with Gasteiger partial charge in [0.2, 0.25) is 10.0 Å². The molecule has 0 amide bonds. The molecular weight excluding hydrogens is 339 g/mol. The van der Waals surface area contributed by atoms with Crippen molar-refractivity contribution in [1.29, 1.82) is 0 Å². The van der Waals surface area contributed by atoms with Crippen LogP contribution in [0.5, 0.6) is 0 Å². The van der Waals surface area contributed by atoms with E-state index < -0.39 is 10.0 Å². The molecule has 0 spiro atoms. The number of sulfonamides is 1. The molecule has 0 saturated carbocycles. The molecule has 0 unspecified atom stereocenters. The first-order valence-electron chi connectivity index (χ1n) is 8.60. The van der Waals surface area contributed by atoms with E-state index in [0.29, 0.717) is 31.1 Å². The first kappa shape index (κ1) is 17.9. The van der Waals surface area contributed by atoms with Crippen molar-refractivity contribution in [2.45, 2.75) is 24.7 Å². The van der Waals surface area contributed by atoms with Gasteiger partial charge in [0.05, 0.1) is 4.90 Å². The molecule has 0 atom stereocenters. The Morgan fingerprint density at radius 1 is 0.920 bits per heavy atom. The smallest absolute Gasteiger partial charge is 0.243 e. The summed E-state index contributed by atoms with van der Waals surface area (Å²) in [6, 6.07) is 13.5. The molecule has 4 nitrogen and oxygen atoms in total. The van der Waals surface area contributed by atoms with Crippen LogP contribution in [0.2, 0.25) is 0 Å². The molecular formula is C19H23FN2O2S. The van der Waals surface area contributed by atoms with E-state index in [9.17, 15) is 12.8 Å². The van der Waals surface area contributed by atoms with Crippen molar-refractivity contribution in [3.05, 3.63) is 59.9 Å². The van der Waals surface area contributed by atoms with Gasteiger partial charge < -0.3 is 4.90 Å². The van der Waals surface area contributed by atoms with Gasteiger partial charge in [-0.2, -0.15) is 4.31 Å². The lowest BCUT2D eigenvalue weighted by Gasteiger charge is -2.35. The highest BCUT2D eigenvalue weighted by atomic mass is 32.2. The number of hydrogen-bond acceptors (Lipinski definition) is 3. The Labute approximate surface area is 148 Å². The largest absolute Gasteiger partial charge is 0.369 e. The standard InChI is InChI=1S/C19H23FN2O2S/c1-2-3-16-4-10-19(11-5-16)25(23,24)22-14-12-21(13-15-22)18-8-6-17(20)7-9-18/h4-11H,2-3,12-15H2,1H3. The van der Waals surface area contributed by atoms with Crippen molar-refractivity contribution in [2.24, 2.45) is 0 Å². The van der Waals surface area contributed by atoms with Crippen LogP contribution in [0.25, 0.3) is 0 Å². The Morgan fingerprint density at radius 3 is 2.08 bits per heavy atom. The van der Waals surface area contributed by atoms with Crippen molar-refractivity contribution in [2.75, 3.05) is 31.1 Å². The van der Waals surface area contributed by atoms with E-state index in [-0.39, 0.29) is 5.82 Å². The zero-order valence-electron chi connectivity index (χ0n) is 14.4. The zero-order chi connectivity index (χ0) is 17.9. The van der Waals surface area contributed by atoms with Crippen LogP contribution in [0.1, 0.15) is 18.9 Å². The number of nitrogens with zero attached hydrogens (tertiary/aromatic N) is 2. The van der Waals surface area contributed by atoms with Crippen LogP contribution in [0.15, 0.2) is 53.4 Å². The second-order valence-corrected chi connectivity index (χ2v) is 8.20. The van der Waals surface area contributed by atoms with Gasteiger partial charge in [-0.15, -0.1) is 0 Å². The summed E-state index contributed by atoms with van der Waals surface area (Å²) in [5.41, 5.74) is 2.07. The van der Waals surface area contributed by atoms with Crippen LogP contribution < -0.4 is 4.90 Å². The lowest BCUT2D eigenvalue weighted by molar-refractivity contribution is 0.385. The number of aryl methyl sites for hydroxylation is 1. The quantitative estimate of drug-likeness (QED) is 0.819. The highest BCUT2D eigenvalue weighted by molar-refractivity contribution is 7.89. The number of rotatable bonds is 5. The molecule has 0 bridgehead atoms. The van der Waals surface area contributed by atoms with E-state index in [0.717, 1.165) is 24.1 Å². The Balaban J connectivity index is 1.67. The lowest BCUT2D eigenvalue weighted by atomic mass is 10.1. The van der Waals surface area contributed by atoms with Gasteiger partial charge in [0.1, 0.15) is 5.82 Å². The summed E-state index contributed by atoms with van der Waals surface area (Å²) in [6.45, 7) is 4.15. The van der Waals surface area contributed by atoms with Gasteiger partial charge in [-0.1, -0.05) is 25.5 Å². The van der Waals surface area contributed by atoms with Gasteiger partial charge in [0, 0.05) is 31.9 Å². The van der Waals surface area contributed by atoms with E-state index in [1.165, 1.54) is 16.4 Å². The van der Waals surface area contributed by atoms with Gasteiger partial charge >= 0.3 is 0 Å². The van der Waals surface area contributed by atoms with E-state index in [1.54, 1.807) is 24.3 Å². The van der Waals surface area contributed by atoms with E-state index in [1.807, 2.05) is 12.1 Å². The molecule has 0 aromatic heterocycles. The average Bonchev–Trinajstić information content (AvgIpc) is 2.63. The Kier molecular flexibility index (Phi) is 5.39. The molecule has 2 aromatic carbocycles. The molecule has 1 heterocycles. The molecule has 0 N–H and O–H groups in total. The molecule has 1 aliphatic heterocycles. The summed E-state index contributed by atoms with van der Waals surface area (Å²) in [4.78, 5) is 2.43. The third kappa shape index (κ3) is 4.02. The fourth-order valence-corrected chi connectivity index (χ4v) is 4.53. The van der Waals surface area contributed by atoms with Crippen LogP contribution in [0.4, 0.5) is 10.1 Å². The van der Waals surface area contributed by atoms with Gasteiger partial charge in [0.15, 0.2) is 0 Å². The van der Waals surface area contributed by atoms with Crippen molar-refractivity contribution in [1.82, 2.24) is 4.31 Å². The van der Waals surface area contributed by atoms with Crippen molar-refractivity contribution in [3.8, 4) is 0 Å². The number of hydrogen-bond donors (Lipinski definition) is 0. The minimum Gasteiger partial charge on any atom is -0.369 e. The summed E-state index contributed by atoms with van der Waals surface area (Å²) >= 11 is 0. The topological polar surface area (TPSA) is 40.6 Å². The van der Waals surface area contributed by atoms with Gasteiger partial charge in [-0.05, 0) is 48.4 Å². The first-order valence-corrected chi connectivity index (χ1v) is 10.0. The van der Waals surface area contributed by atoms with E-state index >= 15 is 0 Å². The predicted octanol–water partition coefficient (Wildman–Crippen LogP) is 3.29.